The predicted molar refractivity (Wildman–Crippen MR) is 95.8 cm³/mol. The van der Waals surface area contributed by atoms with Gasteiger partial charge in [-0.25, -0.2) is 9.97 Å². The van der Waals surface area contributed by atoms with Gasteiger partial charge in [0.15, 0.2) is 0 Å². The first-order chi connectivity index (χ1) is 12.2. The van der Waals surface area contributed by atoms with Crippen LogP contribution in [0.25, 0.3) is 0 Å². The number of benzene rings is 1. The summed E-state index contributed by atoms with van der Waals surface area (Å²) < 4.78 is 5.37. The molecular formula is C19H24N4O2. The van der Waals surface area contributed by atoms with Crippen LogP contribution in [0.4, 0.5) is 5.82 Å². The van der Waals surface area contributed by atoms with Crippen LogP contribution in [-0.2, 0) is 13.0 Å². The lowest BCUT2D eigenvalue weighted by Gasteiger charge is -2.32. The van der Waals surface area contributed by atoms with Crippen LogP contribution in [0, 0.1) is 0 Å². The second-order valence-corrected chi connectivity index (χ2v) is 6.94. The van der Waals surface area contributed by atoms with Gasteiger partial charge in [-0.15, -0.1) is 0 Å². The number of aromatic nitrogens is 2. The maximum absolute atomic E-state index is 10.3. The van der Waals surface area contributed by atoms with E-state index in [1.807, 2.05) is 12.1 Å². The van der Waals surface area contributed by atoms with Crippen molar-refractivity contribution in [3.63, 3.8) is 0 Å². The molecule has 6 nitrogen and oxygen atoms in total. The highest BCUT2D eigenvalue weighted by Crippen LogP contribution is 2.39. The molecular weight excluding hydrogens is 316 g/mol. The second kappa shape index (κ2) is 6.61. The summed E-state index contributed by atoms with van der Waals surface area (Å²) in [5.74, 6) is 1.80. The first-order valence-corrected chi connectivity index (χ1v) is 8.75. The van der Waals surface area contributed by atoms with Crippen LogP contribution in [0.5, 0.6) is 5.75 Å². The number of anilines is 1. The van der Waals surface area contributed by atoms with E-state index in [-0.39, 0.29) is 12.1 Å². The summed E-state index contributed by atoms with van der Waals surface area (Å²) >= 11 is 0. The number of fused-ring (bicyclic) bond motifs is 1. The minimum absolute atomic E-state index is 0.0938. The maximum atomic E-state index is 10.3. The van der Waals surface area contributed by atoms with E-state index in [0.29, 0.717) is 13.0 Å². The van der Waals surface area contributed by atoms with Gasteiger partial charge in [0, 0.05) is 31.6 Å². The van der Waals surface area contributed by atoms with Crippen LogP contribution in [0.1, 0.15) is 29.3 Å². The van der Waals surface area contributed by atoms with Gasteiger partial charge in [-0.05, 0) is 31.2 Å². The van der Waals surface area contributed by atoms with E-state index in [0.717, 1.165) is 42.3 Å². The zero-order valence-corrected chi connectivity index (χ0v) is 14.7. The van der Waals surface area contributed by atoms with Gasteiger partial charge < -0.3 is 19.6 Å². The molecule has 1 fully saturated rings. The SMILES string of the molecule is COc1cccc([C@H]2C[C@@H](O)CN2c2ncnc3c2CN(C)CC3)c1. The molecule has 0 aliphatic carbocycles. The average Bonchev–Trinajstić information content (AvgIpc) is 3.03. The molecule has 1 N–H and O–H groups in total. The zero-order valence-electron chi connectivity index (χ0n) is 14.7. The van der Waals surface area contributed by atoms with Crippen LogP contribution < -0.4 is 9.64 Å². The monoisotopic (exact) mass is 340 g/mol. The number of aliphatic hydroxyl groups is 1. The molecule has 0 spiro atoms. The topological polar surface area (TPSA) is 61.7 Å². The minimum atomic E-state index is -0.358. The molecule has 0 radical (unpaired) electrons. The molecule has 4 rings (SSSR count). The molecule has 2 atom stereocenters. The van der Waals surface area contributed by atoms with Crippen molar-refractivity contribution in [2.45, 2.75) is 31.5 Å². The number of hydrogen-bond donors (Lipinski definition) is 1. The van der Waals surface area contributed by atoms with Gasteiger partial charge in [0.05, 0.1) is 24.9 Å². The molecule has 1 aromatic carbocycles. The third-order valence-electron chi connectivity index (χ3n) is 5.20. The third kappa shape index (κ3) is 3.07. The Bertz CT molecular complexity index is 767. The normalized spacial score (nSPS) is 23.6. The lowest BCUT2D eigenvalue weighted by Crippen LogP contribution is -2.32. The fourth-order valence-electron chi connectivity index (χ4n) is 3.92. The molecule has 3 heterocycles. The number of likely N-dealkylation sites (N-methyl/N-ethyl adjacent to an activating group) is 1. The van der Waals surface area contributed by atoms with Crippen molar-refractivity contribution in [1.29, 1.82) is 0 Å². The van der Waals surface area contributed by atoms with E-state index >= 15 is 0 Å². The van der Waals surface area contributed by atoms with Gasteiger partial charge in [0.2, 0.25) is 0 Å². The van der Waals surface area contributed by atoms with Crippen molar-refractivity contribution >= 4 is 5.82 Å². The zero-order chi connectivity index (χ0) is 17.4. The number of aliphatic hydroxyl groups excluding tert-OH is 1. The Morgan fingerprint density at radius 3 is 3.00 bits per heavy atom. The van der Waals surface area contributed by atoms with Gasteiger partial charge in [-0.1, -0.05) is 12.1 Å². The molecule has 0 saturated carbocycles. The van der Waals surface area contributed by atoms with E-state index in [1.165, 1.54) is 5.56 Å². The Balaban J connectivity index is 1.73. The summed E-state index contributed by atoms with van der Waals surface area (Å²) in [5.41, 5.74) is 3.47. The van der Waals surface area contributed by atoms with Crippen molar-refractivity contribution < 1.29 is 9.84 Å². The van der Waals surface area contributed by atoms with Crippen molar-refractivity contribution in [2.24, 2.45) is 0 Å². The summed E-state index contributed by atoms with van der Waals surface area (Å²) in [4.78, 5) is 13.6. The van der Waals surface area contributed by atoms with Crippen LogP contribution >= 0.6 is 0 Å². The van der Waals surface area contributed by atoms with Crippen LogP contribution in [0.3, 0.4) is 0 Å². The quantitative estimate of drug-likeness (QED) is 0.919. The smallest absolute Gasteiger partial charge is 0.137 e. The average molecular weight is 340 g/mol. The molecule has 0 bridgehead atoms. The number of ether oxygens (including phenoxy) is 1. The second-order valence-electron chi connectivity index (χ2n) is 6.94. The van der Waals surface area contributed by atoms with E-state index < -0.39 is 0 Å². The molecule has 6 heteroatoms. The van der Waals surface area contributed by atoms with Gasteiger partial charge in [-0.2, -0.15) is 0 Å². The molecule has 132 valence electrons. The van der Waals surface area contributed by atoms with E-state index in [1.54, 1.807) is 13.4 Å². The third-order valence-corrected chi connectivity index (χ3v) is 5.20. The van der Waals surface area contributed by atoms with Crippen LogP contribution in [0.2, 0.25) is 0 Å². The van der Waals surface area contributed by atoms with Crippen molar-refractivity contribution in [3.8, 4) is 5.75 Å². The highest BCUT2D eigenvalue weighted by atomic mass is 16.5. The van der Waals surface area contributed by atoms with E-state index in [4.69, 9.17) is 4.74 Å². The van der Waals surface area contributed by atoms with E-state index in [9.17, 15) is 5.11 Å². The fraction of sp³-hybridized carbons (Fsp3) is 0.474. The van der Waals surface area contributed by atoms with Gasteiger partial charge in [0.1, 0.15) is 17.9 Å². The Morgan fingerprint density at radius 2 is 2.16 bits per heavy atom. The first-order valence-electron chi connectivity index (χ1n) is 8.75. The van der Waals surface area contributed by atoms with Gasteiger partial charge >= 0.3 is 0 Å². The lowest BCUT2D eigenvalue weighted by molar-refractivity contribution is 0.194. The molecule has 0 amide bonds. The summed E-state index contributed by atoms with van der Waals surface area (Å²) in [6, 6.07) is 8.19. The van der Waals surface area contributed by atoms with Crippen LogP contribution in [-0.4, -0.2) is 53.3 Å². The lowest BCUT2D eigenvalue weighted by atomic mass is 10.0. The number of β-amino-alcohol motifs (C(OH)–C–C–N with tert-alkyl or cyclic N) is 1. The van der Waals surface area contributed by atoms with Crippen molar-refractivity contribution in [3.05, 3.63) is 47.4 Å². The Labute approximate surface area is 148 Å². The molecule has 1 saturated heterocycles. The Morgan fingerprint density at radius 1 is 1.28 bits per heavy atom. The fourth-order valence-corrected chi connectivity index (χ4v) is 3.92. The van der Waals surface area contributed by atoms with E-state index in [2.05, 4.69) is 38.9 Å². The Hall–Kier alpha value is -2.18. The first kappa shape index (κ1) is 16.3. The maximum Gasteiger partial charge on any atom is 0.137 e. The van der Waals surface area contributed by atoms with Gasteiger partial charge in [-0.3, -0.25) is 0 Å². The molecule has 1 aromatic heterocycles. The number of nitrogens with zero attached hydrogens (tertiary/aromatic N) is 4. The molecule has 0 unspecified atom stereocenters. The summed E-state index contributed by atoms with van der Waals surface area (Å²) in [7, 11) is 3.80. The molecule has 25 heavy (non-hydrogen) atoms. The molecule has 2 aliphatic heterocycles. The standard InChI is InChI=1S/C19H24N4O2/c1-22-7-6-17-16(11-22)19(21-12-20-17)23-10-14(24)9-18(23)13-4-3-5-15(8-13)25-2/h3-5,8,12,14,18,24H,6-7,9-11H2,1-2H3/t14-,18-/m1/s1. The van der Waals surface area contributed by atoms with Crippen molar-refractivity contribution in [2.75, 3.05) is 32.1 Å². The summed E-state index contributed by atoms with van der Waals surface area (Å²) in [6.45, 7) is 2.46. The Kier molecular flexibility index (Phi) is 4.31. The molecule has 2 aliphatic rings. The van der Waals surface area contributed by atoms with Crippen molar-refractivity contribution in [1.82, 2.24) is 14.9 Å². The van der Waals surface area contributed by atoms with Gasteiger partial charge in [0.25, 0.3) is 0 Å². The predicted octanol–water partition coefficient (Wildman–Crippen LogP) is 1.79. The molecule has 2 aromatic rings. The minimum Gasteiger partial charge on any atom is -0.497 e. The summed E-state index contributed by atoms with van der Waals surface area (Å²) in [5, 5.41) is 10.3. The number of hydrogen-bond acceptors (Lipinski definition) is 6. The highest BCUT2D eigenvalue weighted by molar-refractivity contribution is 5.53. The largest absolute Gasteiger partial charge is 0.497 e. The van der Waals surface area contributed by atoms with Crippen LogP contribution in [0.15, 0.2) is 30.6 Å². The number of rotatable bonds is 3. The highest BCUT2D eigenvalue weighted by Gasteiger charge is 2.35. The summed E-state index contributed by atoms with van der Waals surface area (Å²) in [6.07, 6.45) is 2.94. The number of methoxy groups -OCH3 is 1.